The number of anilines is 1. The van der Waals surface area contributed by atoms with Gasteiger partial charge in [-0.25, -0.2) is 4.68 Å². The summed E-state index contributed by atoms with van der Waals surface area (Å²) in [4.78, 5) is 20.6. The number of pyridine rings is 1. The Morgan fingerprint density at radius 2 is 2.09 bits per heavy atom. The third-order valence-corrected chi connectivity index (χ3v) is 4.13. The van der Waals surface area contributed by atoms with Crippen molar-refractivity contribution in [2.24, 2.45) is 7.05 Å². The number of nitrogens with zero attached hydrogens (tertiary/aromatic N) is 4. The van der Waals surface area contributed by atoms with E-state index in [9.17, 15) is 4.79 Å². The Bertz CT molecular complexity index is 648. The summed E-state index contributed by atoms with van der Waals surface area (Å²) in [6, 6.07) is 3.84. The largest absolute Gasteiger partial charge is 0.317 e. The fourth-order valence-corrected chi connectivity index (χ4v) is 2.76. The van der Waals surface area contributed by atoms with Crippen LogP contribution in [0.1, 0.15) is 36.6 Å². The van der Waals surface area contributed by atoms with Crippen LogP contribution in [-0.4, -0.2) is 38.7 Å². The van der Waals surface area contributed by atoms with Crippen molar-refractivity contribution < 1.29 is 4.79 Å². The molecule has 0 saturated carbocycles. The zero-order valence-corrected chi connectivity index (χ0v) is 13.3. The van der Waals surface area contributed by atoms with E-state index in [1.54, 1.807) is 17.1 Å². The van der Waals surface area contributed by atoms with Gasteiger partial charge < -0.3 is 5.32 Å². The van der Waals surface area contributed by atoms with Crippen LogP contribution in [0.4, 0.5) is 5.95 Å². The number of amides is 1. The van der Waals surface area contributed by atoms with Gasteiger partial charge in [-0.2, -0.15) is 10.1 Å². The van der Waals surface area contributed by atoms with Crippen LogP contribution in [-0.2, 0) is 18.3 Å². The van der Waals surface area contributed by atoms with Gasteiger partial charge in [0.05, 0.1) is 0 Å². The first-order chi connectivity index (χ1) is 11.2. The van der Waals surface area contributed by atoms with Crippen LogP contribution >= 0.6 is 0 Å². The summed E-state index contributed by atoms with van der Waals surface area (Å²) in [5, 5.41) is 10.7. The molecule has 1 aliphatic rings. The number of hydrogen-bond acceptors (Lipinski definition) is 5. The monoisotopic (exact) mass is 314 g/mol. The lowest BCUT2D eigenvalue weighted by atomic mass is 9.98. The van der Waals surface area contributed by atoms with Crippen LogP contribution in [0.5, 0.6) is 0 Å². The van der Waals surface area contributed by atoms with E-state index in [0.717, 1.165) is 37.3 Å². The fraction of sp³-hybridized carbons (Fsp3) is 0.500. The predicted octanol–water partition coefficient (Wildman–Crippen LogP) is 1.25. The summed E-state index contributed by atoms with van der Waals surface area (Å²) in [7, 11) is 1.82. The summed E-state index contributed by atoms with van der Waals surface area (Å²) in [5.41, 5.74) is 1.10. The van der Waals surface area contributed by atoms with Gasteiger partial charge >= 0.3 is 0 Å². The Kier molecular flexibility index (Phi) is 4.97. The number of nitrogens with one attached hydrogen (secondary N) is 2. The third kappa shape index (κ3) is 4.13. The quantitative estimate of drug-likeness (QED) is 0.867. The number of aromatic nitrogens is 4. The molecule has 7 nitrogen and oxygen atoms in total. The van der Waals surface area contributed by atoms with Gasteiger partial charge in [0.1, 0.15) is 0 Å². The minimum Gasteiger partial charge on any atom is -0.317 e. The Balaban J connectivity index is 1.56. The summed E-state index contributed by atoms with van der Waals surface area (Å²) >= 11 is 0. The van der Waals surface area contributed by atoms with Crippen molar-refractivity contribution in [2.45, 2.75) is 31.6 Å². The molecular weight excluding hydrogens is 292 g/mol. The highest BCUT2D eigenvalue weighted by Crippen LogP contribution is 2.23. The van der Waals surface area contributed by atoms with Gasteiger partial charge in [0.25, 0.3) is 0 Å². The van der Waals surface area contributed by atoms with Gasteiger partial charge in [-0.3, -0.25) is 15.1 Å². The molecule has 0 radical (unpaired) electrons. The summed E-state index contributed by atoms with van der Waals surface area (Å²) in [5.74, 6) is 1.69. The molecule has 7 heteroatoms. The van der Waals surface area contributed by atoms with Crippen LogP contribution in [0.2, 0.25) is 0 Å². The molecular formula is C16H22N6O. The number of aryl methyl sites for hydroxylation is 2. The fourth-order valence-electron chi connectivity index (χ4n) is 2.76. The van der Waals surface area contributed by atoms with Crippen LogP contribution in [0, 0.1) is 0 Å². The maximum Gasteiger partial charge on any atom is 0.227 e. The number of rotatable bonds is 5. The maximum absolute atomic E-state index is 12.1. The molecule has 2 N–H and O–H groups in total. The van der Waals surface area contributed by atoms with Crippen LogP contribution in [0.25, 0.3) is 0 Å². The highest BCUT2D eigenvalue weighted by molar-refractivity contribution is 5.89. The first-order valence-corrected chi connectivity index (χ1v) is 8.03. The average molecular weight is 314 g/mol. The van der Waals surface area contributed by atoms with Crippen molar-refractivity contribution in [1.29, 1.82) is 0 Å². The Morgan fingerprint density at radius 1 is 1.35 bits per heavy atom. The summed E-state index contributed by atoms with van der Waals surface area (Å²) < 4.78 is 1.65. The average Bonchev–Trinajstić information content (AvgIpc) is 2.95. The van der Waals surface area contributed by atoms with E-state index in [-0.39, 0.29) is 5.91 Å². The number of carbonyl (C=O) groups excluding carboxylic acids is 1. The number of hydrogen-bond donors (Lipinski definition) is 2. The molecule has 3 rings (SSSR count). The van der Waals surface area contributed by atoms with Gasteiger partial charge in [-0.1, -0.05) is 0 Å². The highest BCUT2D eigenvalue weighted by atomic mass is 16.1. The first kappa shape index (κ1) is 15.6. The molecule has 0 unspecified atom stereocenters. The van der Waals surface area contributed by atoms with Crippen molar-refractivity contribution in [2.75, 3.05) is 18.4 Å². The summed E-state index contributed by atoms with van der Waals surface area (Å²) in [6.45, 7) is 1.99. The van der Waals surface area contributed by atoms with E-state index in [4.69, 9.17) is 0 Å². The molecule has 1 saturated heterocycles. The molecule has 122 valence electrons. The van der Waals surface area contributed by atoms with Crippen molar-refractivity contribution in [1.82, 2.24) is 25.1 Å². The lowest BCUT2D eigenvalue weighted by molar-refractivity contribution is -0.116. The zero-order valence-electron chi connectivity index (χ0n) is 13.3. The van der Waals surface area contributed by atoms with E-state index >= 15 is 0 Å². The van der Waals surface area contributed by atoms with Gasteiger partial charge in [-0.05, 0) is 50.0 Å². The van der Waals surface area contributed by atoms with Crippen molar-refractivity contribution >= 4 is 11.9 Å². The van der Waals surface area contributed by atoms with E-state index in [1.165, 1.54) is 0 Å². The molecule has 0 spiro atoms. The van der Waals surface area contributed by atoms with Gasteiger partial charge in [0.15, 0.2) is 5.82 Å². The zero-order chi connectivity index (χ0) is 16.1. The molecule has 2 aromatic rings. The Hall–Kier alpha value is -2.28. The van der Waals surface area contributed by atoms with E-state index in [1.807, 2.05) is 19.2 Å². The molecule has 3 heterocycles. The van der Waals surface area contributed by atoms with Gasteiger partial charge in [0, 0.05) is 31.8 Å². The normalized spacial score (nSPS) is 15.5. The Morgan fingerprint density at radius 3 is 2.83 bits per heavy atom. The van der Waals surface area contributed by atoms with Crippen LogP contribution < -0.4 is 10.6 Å². The SMILES string of the molecule is Cn1nc(C2CCNCC2)nc1NC(=O)CCc1ccncc1. The van der Waals surface area contributed by atoms with Gasteiger partial charge in [-0.15, -0.1) is 0 Å². The van der Waals surface area contributed by atoms with Crippen LogP contribution in [0.3, 0.4) is 0 Å². The number of carbonyl (C=O) groups is 1. The van der Waals surface area contributed by atoms with E-state index in [2.05, 4.69) is 25.7 Å². The minimum atomic E-state index is -0.0471. The lowest BCUT2D eigenvalue weighted by Gasteiger charge is -2.19. The standard InChI is InChI=1S/C16H22N6O/c1-22-16(20-15(21-22)13-6-10-18-11-7-13)19-14(23)3-2-12-4-8-17-9-5-12/h4-5,8-9,13,18H,2-3,6-7,10-11H2,1H3,(H,19,20,21,23). The molecule has 0 bridgehead atoms. The molecule has 1 fully saturated rings. The molecule has 23 heavy (non-hydrogen) atoms. The first-order valence-electron chi connectivity index (χ1n) is 8.03. The highest BCUT2D eigenvalue weighted by Gasteiger charge is 2.21. The van der Waals surface area contributed by atoms with Crippen LogP contribution in [0.15, 0.2) is 24.5 Å². The number of piperidine rings is 1. The van der Waals surface area contributed by atoms with E-state index in [0.29, 0.717) is 24.7 Å². The second-order valence-corrected chi connectivity index (χ2v) is 5.85. The molecule has 1 amide bonds. The smallest absolute Gasteiger partial charge is 0.227 e. The summed E-state index contributed by atoms with van der Waals surface area (Å²) in [6.07, 6.45) is 6.66. The topological polar surface area (TPSA) is 84.7 Å². The van der Waals surface area contributed by atoms with Crippen molar-refractivity contribution in [3.63, 3.8) is 0 Å². The molecule has 2 aromatic heterocycles. The second kappa shape index (κ2) is 7.32. The van der Waals surface area contributed by atoms with Crippen molar-refractivity contribution in [3.05, 3.63) is 35.9 Å². The van der Waals surface area contributed by atoms with Crippen molar-refractivity contribution in [3.8, 4) is 0 Å². The van der Waals surface area contributed by atoms with Gasteiger partial charge in [0.2, 0.25) is 11.9 Å². The molecule has 0 atom stereocenters. The molecule has 0 aromatic carbocycles. The maximum atomic E-state index is 12.1. The molecule has 0 aliphatic carbocycles. The second-order valence-electron chi connectivity index (χ2n) is 5.85. The van der Waals surface area contributed by atoms with E-state index < -0.39 is 0 Å². The third-order valence-electron chi connectivity index (χ3n) is 4.13. The lowest BCUT2D eigenvalue weighted by Crippen LogP contribution is -2.27. The minimum absolute atomic E-state index is 0.0471. The predicted molar refractivity (Wildman–Crippen MR) is 87.0 cm³/mol. The Labute approximate surface area is 135 Å². The molecule has 1 aliphatic heterocycles.